The smallest absolute Gasteiger partial charge is 0.242 e. The summed E-state index contributed by atoms with van der Waals surface area (Å²) >= 11 is 13.1. The summed E-state index contributed by atoms with van der Waals surface area (Å²) in [6.07, 6.45) is 2.03. The molecule has 1 fully saturated rings. The van der Waals surface area contributed by atoms with E-state index in [1.54, 1.807) is 43.6 Å². The molecule has 1 aliphatic heterocycles. The number of carbonyl (C=O) groups excluding carboxylic acids is 1. The fraction of sp³-hybridized carbons (Fsp3) is 0.294. The molecule has 1 atom stereocenters. The summed E-state index contributed by atoms with van der Waals surface area (Å²) in [5.74, 6) is 1.78. The predicted molar refractivity (Wildman–Crippen MR) is 101 cm³/mol. The van der Waals surface area contributed by atoms with Crippen molar-refractivity contribution in [3.05, 3.63) is 46.9 Å². The maximum Gasteiger partial charge on any atom is 0.242 e. The summed E-state index contributed by atoms with van der Waals surface area (Å²) < 4.78 is 16.4. The van der Waals surface area contributed by atoms with E-state index in [2.05, 4.69) is 0 Å². The molecule has 0 saturated carbocycles. The highest BCUT2D eigenvalue weighted by Crippen LogP contribution is 2.37. The van der Waals surface area contributed by atoms with Crippen molar-refractivity contribution in [2.24, 2.45) is 0 Å². The van der Waals surface area contributed by atoms with Crippen molar-refractivity contribution in [2.75, 3.05) is 14.2 Å². The molecule has 1 aliphatic rings. The molecule has 0 bridgehead atoms. The topological polar surface area (TPSA) is 51.9 Å². The van der Waals surface area contributed by atoms with Crippen molar-refractivity contribution >= 4 is 45.8 Å². The fourth-order valence-electron chi connectivity index (χ4n) is 2.58. The number of thioether (sulfide) groups is 1. The first-order valence-electron chi connectivity index (χ1n) is 7.48. The van der Waals surface area contributed by atoms with Crippen LogP contribution in [0.4, 0.5) is 0 Å². The Morgan fingerprint density at radius 3 is 2.68 bits per heavy atom. The lowest BCUT2D eigenvalue weighted by atomic mass is 10.1. The van der Waals surface area contributed by atoms with Gasteiger partial charge in [-0.1, -0.05) is 35.6 Å². The monoisotopic (exact) mass is 397 g/mol. The minimum absolute atomic E-state index is 0.0442. The van der Waals surface area contributed by atoms with Gasteiger partial charge in [-0.2, -0.15) is 0 Å². The zero-order chi connectivity index (χ0) is 18.0. The highest BCUT2D eigenvalue weighted by Gasteiger charge is 2.37. The molecule has 0 spiro atoms. The summed E-state index contributed by atoms with van der Waals surface area (Å²) in [5.41, 5.74) is 0.813. The van der Waals surface area contributed by atoms with Gasteiger partial charge in [0.15, 0.2) is 11.5 Å². The molecule has 0 aliphatic carbocycles. The van der Waals surface area contributed by atoms with Gasteiger partial charge in [0.25, 0.3) is 0 Å². The predicted octanol–water partition coefficient (Wildman–Crippen LogP) is 3.92. The van der Waals surface area contributed by atoms with Crippen molar-refractivity contribution < 1.29 is 18.7 Å². The second-order valence-corrected chi connectivity index (χ2v) is 7.62. The van der Waals surface area contributed by atoms with Crippen LogP contribution in [0.2, 0.25) is 5.02 Å². The van der Waals surface area contributed by atoms with Gasteiger partial charge in [-0.15, -0.1) is 0 Å². The van der Waals surface area contributed by atoms with Crippen molar-refractivity contribution in [1.82, 2.24) is 4.90 Å². The van der Waals surface area contributed by atoms with Crippen LogP contribution >= 0.6 is 35.6 Å². The largest absolute Gasteiger partial charge is 0.493 e. The molecule has 3 rings (SSSR count). The molecule has 8 heteroatoms. The van der Waals surface area contributed by atoms with Crippen LogP contribution in [0.3, 0.4) is 0 Å². The molecule has 0 unspecified atom stereocenters. The number of hydrogen-bond donors (Lipinski definition) is 0. The Kier molecular flexibility index (Phi) is 5.56. The standard InChI is InChI=1S/C17H16ClNO4S2/c1-21-13-6-10(12(18)8-14(13)22-2)7-15-16(20)19(17(24)25-15)9-11-4-3-5-23-11/h3-6,8,15H,7,9H2,1-2H3/t15-/m1/s1. The van der Waals surface area contributed by atoms with Gasteiger partial charge in [0.1, 0.15) is 10.1 Å². The number of nitrogens with zero attached hydrogens (tertiary/aromatic N) is 1. The fourth-order valence-corrected chi connectivity index (χ4v) is 4.33. The second-order valence-electron chi connectivity index (χ2n) is 5.38. The summed E-state index contributed by atoms with van der Waals surface area (Å²) in [5, 5.41) is 0.208. The molecule has 1 aromatic heterocycles. The summed E-state index contributed by atoms with van der Waals surface area (Å²) in [7, 11) is 3.11. The Labute approximate surface area is 160 Å². The number of halogens is 1. The van der Waals surface area contributed by atoms with E-state index >= 15 is 0 Å². The van der Waals surface area contributed by atoms with Crippen molar-refractivity contribution in [2.45, 2.75) is 18.2 Å². The Morgan fingerprint density at radius 2 is 2.04 bits per heavy atom. The third kappa shape index (κ3) is 3.78. The summed E-state index contributed by atoms with van der Waals surface area (Å²) in [6.45, 7) is 0.341. The maximum absolute atomic E-state index is 12.7. The maximum atomic E-state index is 12.7. The zero-order valence-electron chi connectivity index (χ0n) is 13.7. The molecule has 132 valence electrons. The van der Waals surface area contributed by atoms with E-state index in [4.69, 9.17) is 37.7 Å². The lowest BCUT2D eigenvalue weighted by molar-refractivity contribution is -0.126. The summed E-state index contributed by atoms with van der Waals surface area (Å²) in [4.78, 5) is 14.3. The van der Waals surface area contributed by atoms with Crippen LogP contribution in [0.5, 0.6) is 11.5 Å². The van der Waals surface area contributed by atoms with E-state index < -0.39 is 0 Å². The van der Waals surface area contributed by atoms with Crippen LogP contribution in [0.25, 0.3) is 0 Å². The molecule has 25 heavy (non-hydrogen) atoms. The van der Waals surface area contributed by atoms with Crippen LogP contribution < -0.4 is 9.47 Å². The Bertz CT molecular complexity index is 794. The van der Waals surface area contributed by atoms with Gasteiger partial charge in [-0.3, -0.25) is 9.69 Å². The van der Waals surface area contributed by atoms with Crippen molar-refractivity contribution in [3.8, 4) is 11.5 Å². The number of amides is 1. The Morgan fingerprint density at radius 1 is 1.32 bits per heavy atom. The van der Waals surface area contributed by atoms with Crippen molar-refractivity contribution in [3.63, 3.8) is 0 Å². The quantitative estimate of drug-likeness (QED) is 0.688. The van der Waals surface area contributed by atoms with Crippen LogP contribution in [0.1, 0.15) is 11.3 Å². The normalized spacial score (nSPS) is 17.2. The molecule has 0 N–H and O–H groups in total. The molecule has 0 radical (unpaired) electrons. The van der Waals surface area contributed by atoms with Crippen LogP contribution in [0, 0.1) is 0 Å². The Balaban J connectivity index is 1.77. The third-order valence-corrected chi connectivity index (χ3v) is 5.79. The average Bonchev–Trinajstić information content (AvgIpc) is 3.20. The van der Waals surface area contributed by atoms with Gasteiger partial charge in [-0.05, 0) is 30.2 Å². The average molecular weight is 398 g/mol. The number of thiocarbonyl (C=S) groups is 1. The SMILES string of the molecule is COc1cc(Cl)c(C[C@H]2SC(=S)N(Cc3ccco3)C2=O)cc1OC. The highest BCUT2D eigenvalue weighted by molar-refractivity contribution is 8.24. The van der Waals surface area contributed by atoms with Gasteiger partial charge in [0, 0.05) is 11.1 Å². The number of rotatable bonds is 6. The molecule has 1 aromatic carbocycles. The first kappa shape index (κ1) is 18.1. The number of furan rings is 1. The van der Waals surface area contributed by atoms with Crippen LogP contribution in [0.15, 0.2) is 34.9 Å². The molecule has 1 amide bonds. The van der Waals surface area contributed by atoms with Gasteiger partial charge < -0.3 is 13.9 Å². The molecule has 5 nitrogen and oxygen atoms in total. The van der Waals surface area contributed by atoms with E-state index in [0.717, 1.165) is 5.56 Å². The lowest BCUT2D eigenvalue weighted by Crippen LogP contribution is -2.31. The lowest BCUT2D eigenvalue weighted by Gasteiger charge is -2.15. The van der Waals surface area contributed by atoms with Crippen LogP contribution in [-0.2, 0) is 17.8 Å². The van der Waals surface area contributed by atoms with Gasteiger partial charge in [-0.25, -0.2) is 0 Å². The minimum atomic E-state index is -0.321. The zero-order valence-corrected chi connectivity index (χ0v) is 16.0. The Hall–Kier alpha value is -1.70. The van der Waals surface area contributed by atoms with Gasteiger partial charge in [0.2, 0.25) is 5.91 Å². The van der Waals surface area contributed by atoms with Gasteiger partial charge >= 0.3 is 0 Å². The molecule has 1 saturated heterocycles. The highest BCUT2D eigenvalue weighted by atomic mass is 35.5. The molecule has 2 aromatic rings. The van der Waals surface area contributed by atoms with E-state index in [-0.39, 0.29) is 11.2 Å². The third-order valence-electron chi connectivity index (χ3n) is 3.86. The van der Waals surface area contributed by atoms with E-state index in [0.29, 0.717) is 39.6 Å². The number of carbonyl (C=O) groups is 1. The number of benzene rings is 1. The number of hydrogen-bond acceptors (Lipinski definition) is 6. The number of ether oxygens (including phenoxy) is 2. The molecular weight excluding hydrogens is 382 g/mol. The van der Waals surface area contributed by atoms with Gasteiger partial charge in [0.05, 0.1) is 32.3 Å². The van der Waals surface area contributed by atoms with E-state index in [1.165, 1.54) is 11.8 Å². The second kappa shape index (κ2) is 7.68. The van der Waals surface area contributed by atoms with Crippen molar-refractivity contribution in [1.29, 1.82) is 0 Å². The number of methoxy groups -OCH3 is 2. The minimum Gasteiger partial charge on any atom is -0.493 e. The molecular formula is C17H16ClNO4S2. The molecule has 2 heterocycles. The first-order chi connectivity index (χ1) is 12.0. The summed E-state index contributed by atoms with van der Waals surface area (Å²) in [6, 6.07) is 7.10. The first-order valence-corrected chi connectivity index (χ1v) is 9.15. The van der Waals surface area contributed by atoms with E-state index in [9.17, 15) is 4.79 Å². The van der Waals surface area contributed by atoms with Crippen LogP contribution in [-0.4, -0.2) is 34.6 Å². The van der Waals surface area contributed by atoms with E-state index in [1.807, 2.05) is 6.07 Å².